The topological polar surface area (TPSA) is 144 Å². The fourth-order valence-electron chi connectivity index (χ4n) is 2.27. The molecule has 0 aliphatic carbocycles. The maximum absolute atomic E-state index is 12.1. The molecule has 0 unspecified atom stereocenters. The van der Waals surface area contributed by atoms with Gasteiger partial charge in [-0.05, 0) is 81.6 Å². The highest BCUT2D eigenvalue weighted by Gasteiger charge is 2.23. The Bertz CT molecular complexity index is 718. The van der Waals surface area contributed by atoms with Gasteiger partial charge in [0.2, 0.25) is 11.1 Å². The Labute approximate surface area is 207 Å². The number of ether oxygens (including phenoxy) is 3. The quantitative estimate of drug-likeness (QED) is 0.135. The highest BCUT2D eigenvalue weighted by atomic mass is 32.1. The summed E-state index contributed by atoms with van der Waals surface area (Å²) in [6.45, 7) is 15.6. The van der Waals surface area contributed by atoms with Gasteiger partial charge in [-0.15, -0.1) is 12.6 Å². The molecule has 0 aromatic carbocycles. The molecule has 0 spiro atoms. The largest absolute Gasteiger partial charge is 0.444 e. The summed E-state index contributed by atoms with van der Waals surface area (Å²) >= 11 is 3.82. The van der Waals surface area contributed by atoms with Crippen LogP contribution in [0, 0.1) is 0 Å². The molecule has 0 aromatic heterocycles. The molecule has 0 saturated heterocycles. The Balaban J connectivity index is 4.96. The number of nitrogens with zero attached hydrogens (tertiary/aromatic N) is 1. The van der Waals surface area contributed by atoms with Crippen LogP contribution in [0.4, 0.5) is 14.4 Å². The van der Waals surface area contributed by atoms with Crippen LogP contribution in [0.2, 0.25) is 0 Å². The molecule has 34 heavy (non-hydrogen) atoms. The van der Waals surface area contributed by atoms with Crippen LogP contribution in [0.15, 0.2) is 4.99 Å². The van der Waals surface area contributed by atoms with Crippen LogP contribution in [0.3, 0.4) is 0 Å². The Hall–Kier alpha value is -2.50. The van der Waals surface area contributed by atoms with E-state index in [0.29, 0.717) is 19.3 Å². The average Bonchev–Trinajstić information content (AvgIpc) is 2.54. The number of thiol groups is 1. The van der Waals surface area contributed by atoms with Gasteiger partial charge in [0.05, 0.1) is 0 Å². The van der Waals surface area contributed by atoms with Gasteiger partial charge in [-0.25, -0.2) is 14.4 Å². The normalized spacial score (nSPS) is 12.6. The molecule has 0 fully saturated rings. The lowest BCUT2D eigenvalue weighted by atomic mass is 10.1. The van der Waals surface area contributed by atoms with Gasteiger partial charge >= 0.3 is 18.3 Å². The minimum absolute atomic E-state index is 0.128. The fourth-order valence-corrected chi connectivity index (χ4v) is 2.46. The SMILES string of the molecule is CC(C)(C)OC(=O)NC(=NCCCC[C@H](NC(=O)OC(C)(C)C)C(=O)S)NC(=O)OC(C)(C)C. The number of aliphatic imine (C=N–C) groups is 1. The maximum Gasteiger partial charge on any atom is 0.414 e. The average molecular weight is 505 g/mol. The zero-order valence-corrected chi connectivity index (χ0v) is 22.6. The van der Waals surface area contributed by atoms with Crippen molar-refractivity contribution in [2.45, 2.75) is 104 Å². The molecular formula is C22H40N4O7S. The first kappa shape index (κ1) is 31.5. The number of amides is 3. The van der Waals surface area contributed by atoms with Crippen LogP contribution in [0.1, 0.15) is 81.6 Å². The van der Waals surface area contributed by atoms with Crippen LogP contribution in [-0.2, 0) is 19.0 Å². The smallest absolute Gasteiger partial charge is 0.414 e. The van der Waals surface area contributed by atoms with E-state index in [9.17, 15) is 19.2 Å². The van der Waals surface area contributed by atoms with Crippen molar-refractivity contribution in [1.82, 2.24) is 16.0 Å². The highest BCUT2D eigenvalue weighted by Crippen LogP contribution is 2.10. The second kappa shape index (κ2) is 13.4. The van der Waals surface area contributed by atoms with Crippen molar-refractivity contribution >= 4 is 42.0 Å². The molecule has 0 aliphatic rings. The number of hydrogen-bond donors (Lipinski definition) is 4. The minimum atomic E-state index is -0.818. The van der Waals surface area contributed by atoms with Gasteiger partial charge < -0.3 is 19.5 Å². The van der Waals surface area contributed by atoms with Crippen molar-refractivity contribution in [3.05, 3.63) is 0 Å². The molecular weight excluding hydrogens is 464 g/mol. The summed E-state index contributed by atoms with van der Waals surface area (Å²) in [6, 6.07) is -0.818. The Morgan fingerprint density at radius 3 is 1.53 bits per heavy atom. The van der Waals surface area contributed by atoms with Crippen molar-refractivity contribution in [2.24, 2.45) is 4.99 Å². The van der Waals surface area contributed by atoms with E-state index in [-0.39, 0.29) is 12.5 Å². The third-order valence-electron chi connectivity index (χ3n) is 3.40. The molecule has 3 N–H and O–H groups in total. The second-order valence-corrected chi connectivity index (χ2v) is 11.0. The van der Waals surface area contributed by atoms with E-state index in [4.69, 9.17) is 14.2 Å². The first-order valence-corrected chi connectivity index (χ1v) is 11.5. The van der Waals surface area contributed by atoms with Gasteiger partial charge in [0, 0.05) is 6.54 Å². The van der Waals surface area contributed by atoms with E-state index >= 15 is 0 Å². The predicted octanol–water partition coefficient (Wildman–Crippen LogP) is 3.91. The summed E-state index contributed by atoms with van der Waals surface area (Å²) in [5.74, 6) is -0.128. The molecule has 0 aliphatic heterocycles. The van der Waals surface area contributed by atoms with E-state index in [1.165, 1.54) is 0 Å². The van der Waals surface area contributed by atoms with E-state index in [1.807, 2.05) is 0 Å². The standard InChI is InChI=1S/C22H40N4O7S/c1-20(2,3)31-17(28)24-14(15(27)34)12-10-11-13-23-16(25-18(29)32-21(4,5)6)26-19(30)33-22(7,8)9/h14H,10-13H2,1-9H3,(H,24,28)(H,27,34)(H2,23,25,26,29,30)/t14-/m0/s1. The number of guanidine groups is 1. The summed E-state index contributed by atoms with van der Waals surface area (Å²) in [7, 11) is 0. The molecule has 196 valence electrons. The lowest BCUT2D eigenvalue weighted by Gasteiger charge is -2.22. The molecule has 0 saturated carbocycles. The van der Waals surface area contributed by atoms with Crippen molar-refractivity contribution in [3.8, 4) is 0 Å². The van der Waals surface area contributed by atoms with Crippen molar-refractivity contribution in [1.29, 1.82) is 0 Å². The Morgan fingerprint density at radius 1 is 0.735 bits per heavy atom. The predicted molar refractivity (Wildman–Crippen MR) is 132 cm³/mol. The lowest BCUT2D eigenvalue weighted by molar-refractivity contribution is -0.112. The molecule has 11 nitrogen and oxygen atoms in total. The summed E-state index contributed by atoms with van der Waals surface area (Å²) in [5, 5.41) is 6.79. The molecule has 0 bridgehead atoms. The summed E-state index contributed by atoms with van der Waals surface area (Å²) < 4.78 is 15.5. The zero-order valence-electron chi connectivity index (χ0n) is 21.7. The van der Waals surface area contributed by atoms with Gasteiger partial charge in [-0.3, -0.25) is 20.4 Å². The first-order chi connectivity index (χ1) is 15.3. The third-order valence-corrected chi connectivity index (χ3v) is 3.71. The van der Waals surface area contributed by atoms with Crippen LogP contribution >= 0.6 is 12.6 Å². The van der Waals surface area contributed by atoms with Crippen LogP contribution < -0.4 is 16.0 Å². The minimum Gasteiger partial charge on any atom is -0.444 e. The monoisotopic (exact) mass is 504 g/mol. The van der Waals surface area contributed by atoms with E-state index in [1.54, 1.807) is 62.3 Å². The van der Waals surface area contributed by atoms with Gasteiger partial charge in [0.15, 0.2) is 0 Å². The third kappa shape index (κ3) is 18.0. The fraction of sp³-hybridized carbons (Fsp3) is 0.773. The van der Waals surface area contributed by atoms with Crippen molar-refractivity contribution < 1.29 is 33.4 Å². The Morgan fingerprint density at radius 2 is 1.15 bits per heavy atom. The van der Waals surface area contributed by atoms with Gasteiger partial charge in [-0.2, -0.15) is 0 Å². The maximum atomic E-state index is 12.1. The first-order valence-electron chi connectivity index (χ1n) is 11.0. The van der Waals surface area contributed by atoms with Crippen LogP contribution in [0.25, 0.3) is 0 Å². The van der Waals surface area contributed by atoms with Gasteiger partial charge in [0.25, 0.3) is 0 Å². The molecule has 3 amide bonds. The molecule has 12 heteroatoms. The number of hydrogen-bond acceptors (Lipinski definition) is 8. The van der Waals surface area contributed by atoms with E-state index in [2.05, 4.69) is 33.6 Å². The molecule has 1 atom stereocenters. The number of nitrogens with one attached hydrogen (secondary N) is 3. The highest BCUT2D eigenvalue weighted by molar-refractivity contribution is 7.96. The van der Waals surface area contributed by atoms with E-state index < -0.39 is 46.2 Å². The second-order valence-electron chi connectivity index (χ2n) is 10.5. The van der Waals surface area contributed by atoms with Gasteiger partial charge in [-0.1, -0.05) is 0 Å². The van der Waals surface area contributed by atoms with Crippen molar-refractivity contribution in [2.75, 3.05) is 6.54 Å². The summed E-state index contributed by atoms with van der Waals surface area (Å²) in [6.07, 6.45) is -0.978. The van der Waals surface area contributed by atoms with Gasteiger partial charge in [0.1, 0.15) is 22.8 Å². The molecule has 0 heterocycles. The van der Waals surface area contributed by atoms with Crippen LogP contribution in [0.5, 0.6) is 0 Å². The Kier molecular flexibility index (Phi) is 12.4. The number of carbonyl (C=O) groups excluding carboxylic acids is 4. The summed E-state index contributed by atoms with van der Waals surface area (Å²) in [4.78, 5) is 52.0. The number of rotatable bonds is 7. The van der Waals surface area contributed by atoms with Crippen molar-refractivity contribution in [3.63, 3.8) is 0 Å². The molecule has 0 aromatic rings. The molecule has 0 radical (unpaired) electrons. The molecule has 0 rings (SSSR count). The number of carbonyl (C=O) groups is 4. The van der Waals surface area contributed by atoms with Crippen LogP contribution in [-0.4, -0.2) is 58.7 Å². The summed E-state index contributed by atoms with van der Waals surface area (Å²) in [5.41, 5.74) is -2.17. The zero-order chi connectivity index (χ0) is 26.7. The van der Waals surface area contributed by atoms with E-state index in [0.717, 1.165) is 0 Å². The number of unbranched alkanes of at least 4 members (excludes halogenated alkanes) is 1. The lowest BCUT2D eigenvalue weighted by Crippen LogP contribution is -2.47. The number of alkyl carbamates (subject to hydrolysis) is 3.